The van der Waals surface area contributed by atoms with E-state index in [-0.39, 0.29) is 5.82 Å². The van der Waals surface area contributed by atoms with Gasteiger partial charge in [0.2, 0.25) is 0 Å². The quantitative estimate of drug-likeness (QED) is 0.869. The van der Waals surface area contributed by atoms with E-state index in [0.29, 0.717) is 12.0 Å². The molecule has 1 saturated heterocycles. The Hall–Kier alpha value is -0.930. The second-order valence-corrected chi connectivity index (χ2v) is 5.02. The van der Waals surface area contributed by atoms with Gasteiger partial charge in [-0.05, 0) is 43.5 Å². The van der Waals surface area contributed by atoms with Crippen molar-refractivity contribution in [2.24, 2.45) is 5.92 Å². The first-order valence-electron chi connectivity index (χ1n) is 6.85. The van der Waals surface area contributed by atoms with E-state index in [1.165, 1.54) is 6.07 Å². The first-order chi connectivity index (χ1) is 8.79. The lowest BCUT2D eigenvalue weighted by atomic mass is 9.89. The third-order valence-electron chi connectivity index (χ3n) is 3.52. The Labute approximate surface area is 109 Å². The fourth-order valence-corrected chi connectivity index (χ4v) is 2.56. The third kappa shape index (κ3) is 3.79. The monoisotopic (exact) mass is 251 g/mol. The van der Waals surface area contributed by atoms with Crippen molar-refractivity contribution in [3.63, 3.8) is 0 Å². The Bertz CT molecular complexity index is 369. The normalized spacial score (nSPS) is 24.1. The molecule has 2 nitrogen and oxygen atoms in total. The number of ether oxygens (including phenoxy) is 1. The molecule has 2 atom stereocenters. The molecule has 1 heterocycles. The van der Waals surface area contributed by atoms with Crippen molar-refractivity contribution >= 4 is 0 Å². The lowest BCUT2D eigenvalue weighted by molar-refractivity contribution is 0.0322. The molecule has 1 aromatic carbocycles. The molecular formula is C15H22FNO. The Balaban J connectivity index is 1.96. The highest BCUT2D eigenvalue weighted by atomic mass is 19.1. The van der Waals surface area contributed by atoms with Crippen LogP contribution < -0.4 is 5.32 Å². The maximum atomic E-state index is 13.2. The van der Waals surface area contributed by atoms with Gasteiger partial charge in [-0.25, -0.2) is 4.39 Å². The summed E-state index contributed by atoms with van der Waals surface area (Å²) in [5.74, 6) is 0.300. The summed E-state index contributed by atoms with van der Waals surface area (Å²) in [6.07, 6.45) is 3.09. The molecule has 1 aromatic rings. The van der Waals surface area contributed by atoms with Gasteiger partial charge in [0.25, 0.3) is 0 Å². The van der Waals surface area contributed by atoms with Gasteiger partial charge in [0.1, 0.15) is 5.82 Å². The van der Waals surface area contributed by atoms with E-state index in [4.69, 9.17) is 4.74 Å². The summed E-state index contributed by atoms with van der Waals surface area (Å²) >= 11 is 0. The molecule has 18 heavy (non-hydrogen) atoms. The number of hydrogen-bond acceptors (Lipinski definition) is 2. The molecule has 0 aromatic heterocycles. The smallest absolute Gasteiger partial charge is 0.123 e. The van der Waals surface area contributed by atoms with E-state index < -0.39 is 0 Å². The van der Waals surface area contributed by atoms with Gasteiger partial charge in [-0.2, -0.15) is 0 Å². The Kier molecular flexibility index (Phi) is 5.14. The fourth-order valence-electron chi connectivity index (χ4n) is 2.56. The van der Waals surface area contributed by atoms with Crippen LogP contribution in [-0.4, -0.2) is 25.8 Å². The molecule has 1 N–H and O–H groups in total. The molecule has 3 heteroatoms. The summed E-state index contributed by atoms with van der Waals surface area (Å²) < 4.78 is 18.7. The molecule has 1 aliphatic heterocycles. The van der Waals surface area contributed by atoms with Crippen molar-refractivity contribution in [1.82, 2.24) is 5.32 Å². The lowest BCUT2D eigenvalue weighted by Crippen LogP contribution is -2.44. The molecule has 100 valence electrons. The van der Waals surface area contributed by atoms with Gasteiger partial charge in [-0.15, -0.1) is 0 Å². The number of benzene rings is 1. The van der Waals surface area contributed by atoms with Gasteiger partial charge in [-0.3, -0.25) is 0 Å². The average molecular weight is 251 g/mol. The summed E-state index contributed by atoms with van der Waals surface area (Å²) in [5.41, 5.74) is 1.06. The molecule has 2 rings (SSSR count). The highest BCUT2D eigenvalue weighted by Crippen LogP contribution is 2.20. The number of nitrogens with one attached hydrogen (secondary N) is 1. The van der Waals surface area contributed by atoms with Gasteiger partial charge < -0.3 is 10.1 Å². The van der Waals surface area contributed by atoms with Crippen LogP contribution in [0.3, 0.4) is 0 Å². The Morgan fingerprint density at radius 1 is 1.44 bits per heavy atom. The van der Waals surface area contributed by atoms with Gasteiger partial charge in [0.15, 0.2) is 0 Å². The summed E-state index contributed by atoms with van der Waals surface area (Å²) in [4.78, 5) is 0. The zero-order valence-corrected chi connectivity index (χ0v) is 11.0. The molecule has 0 spiro atoms. The van der Waals surface area contributed by atoms with Crippen molar-refractivity contribution in [2.75, 3.05) is 19.8 Å². The highest BCUT2D eigenvalue weighted by molar-refractivity contribution is 5.17. The van der Waals surface area contributed by atoms with Crippen LogP contribution in [0.15, 0.2) is 24.3 Å². The molecule has 0 radical (unpaired) electrons. The SMILES string of the molecule is CCCNC1CCOCC1Cc1cccc(F)c1. The van der Waals surface area contributed by atoms with E-state index in [2.05, 4.69) is 12.2 Å². The van der Waals surface area contributed by atoms with E-state index in [1.807, 2.05) is 6.07 Å². The predicted molar refractivity (Wildman–Crippen MR) is 71.1 cm³/mol. The Morgan fingerprint density at radius 3 is 3.11 bits per heavy atom. The second-order valence-electron chi connectivity index (χ2n) is 5.02. The molecule has 0 aliphatic carbocycles. The lowest BCUT2D eigenvalue weighted by Gasteiger charge is -2.32. The van der Waals surface area contributed by atoms with Gasteiger partial charge in [0, 0.05) is 18.6 Å². The van der Waals surface area contributed by atoms with Crippen LogP contribution in [0.1, 0.15) is 25.3 Å². The zero-order valence-electron chi connectivity index (χ0n) is 11.0. The number of rotatable bonds is 5. The zero-order chi connectivity index (χ0) is 12.8. The fraction of sp³-hybridized carbons (Fsp3) is 0.600. The first kappa shape index (κ1) is 13.5. The third-order valence-corrected chi connectivity index (χ3v) is 3.52. The van der Waals surface area contributed by atoms with Crippen LogP contribution in [0, 0.1) is 11.7 Å². The molecule has 0 bridgehead atoms. The average Bonchev–Trinajstić information content (AvgIpc) is 2.38. The highest BCUT2D eigenvalue weighted by Gasteiger charge is 2.25. The van der Waals surface area contributed by atoms with Gasteiger partial charge in [0.05, 0.1) is 6.61 Å². The van der Waals surface area contributed by atoms with Gasteiger partial charge >= 0.3 is 0 Å². The van der Waals surface area contributed by atoms with Crippen LogP contribution in [-0.2, 0) is 11.2 Å². The standard InChI is InChI=1S/C15H22FNO/c1-2-7-17-15-6-8-18-11-13(15)9-12-4-3-5-14(16)10-12/h3-5,10,13,15,17H,2,6-9,11H2,1H3. The van der Waals surface area contributed by atoms with Crippen molar-refractivity contribution < 1.29 is 9.13 Å². The number of halogens is 1. The van der Waals surface area contributed by atoms with Crippen molar-refractivity contribution in [1.29, 1.82) is 0 Å². The minimum atomic E-state index is -0.151. The Morgan fingerprint density at radius 2 is 2.33 bits per heavy atom. The molecule has 0 amide bonds. The summed E-state index contributed by atoms with van der Waals surface area (Å²) in [5, 5.41) is 3.58. The van der Waals surface area contributed by atoms with Crippen LogP contribution in [0.2, 0.25) is 0 Å². The first-order valence-corrected chi connectivity index (χ1v) is 6.85. The van der Waals surface area contributed by atoms with E-state index in [9.17, 15) is 4.39 Å². The van der Waals surface area contributed by atoms with Crippen molar-refractivity contribution in [3.05, 3.63) is 35.6 Å². The largest absolute Gasteiger partial charge is 0.381 e. The van der Waals surface area contributed by atoms with Gasteiger partial charge in [-0.1, -0.05) is 19.1 Å². The number of hydrogen-bond donors (Lipinski definition) is 1. The molecule has 1 aliphatic rings. The maximum Gasteiger partial charge on any atom is 0.123 e. The summed E-state index contributed by atoms with van der Waals surface area (Å²) in [6.45, 7) is 4.83. The summed E-state index contributed by atoms with van der Waals surface area (Å²) in [7, 11) is 0. The van der Waals surface area contributed by atoms with Crippen LogP contribution in [0.4, 0.5) is 4.39 Å². The second kappa shape index (κ2) is 6.86. The minimum Gasteiger partial charge on any atom is -0.381 e. The summed E-state index contributed by atoms with van der Waals surface area (Å²) in [6, 6.07) is 7.40. The van der Waals surface area contributed by atoms with E-state index >= 15 is 0 Å². The molecule has 0 saturated carbocycles. The van der Waals surface area contributed by atoms with Crippen LogP contribution in [0.25, 0.3) is 0 Å². The van der Waals surface area contributed by atoms with E-state index in [1.54, 1.807) is 12.1 Å². The van der Waals surface area contributed by atoms with Crippen LogP contribution >= 0.6 is 0 Å². The maximum absolute atomic E-state index is 13.2. The van der Waals surface area contributed by atoms with Crippen molar-refractivity contribution in [3.8, 4) is 0 Å². The predicted octanol–water partition coefficient (Wildman–Crippen LogP) is 2.77. The van der Waals surface area contributed by atoms with Crippen molar-refractivity contribution in [2.45, 2.75) is 32.2 Å². The van der Waals surface area contributed by atoms with E-state index in [0.717, 1.165) is 44.6 Å². The minimum absolute atomic E-state index is 0.151. The topological polar surface area (TPSA) is 21.3 Å². The molecule has 1 fully saturated rings. The van der Waals surface area contributed by atoms with Crippen LogP contribution in [0.5, 0.6) is 0 Å². The molecule has 2 unspecified atom stereocenters. The molecular weight excluding hydrogens is 229 g/mol.